The molecule has 23 heavy (non-hydrogen) atoms. The van der Waals surface area contributed by atoms with Crippen LogP contribution in [0.15, 0.2) is 41.4 Å². The zero-order valence-corrected chi connectivity index (χ0v) is 13.6. The van der Waals surface area contributed by atoms with Gasteiger partial charge in [-0.1, -0.05) is 6.07 Å². The van der Waals surface area contributed by atoms with Crippen LogP contribution < -0.4 is 14.2 Å². The molecule has 0 fully saturated rings. The number of phenols is 1. The van der Waals surface area contributed by atoms with Crippen LogP contribution >= 0.6 is 0 Å². The Morgan fingerprint density at radius 2 is 1.74 bits per heavy atom. The van der Waals surface area contributed by atoms with Crippen LogP contribution in [-0.2, 0) is 0 Å². The van der Waals surface area contributed by atoms with Crippen molar-refractivity contribution in [3.63, 3.8) is 0 Å². The number of para-hydroxylation sites is 1. The third-order valence-electron chi connectivity index (χ3n) is 3.13. The first-order valence-corrected chi connectivity index (χ1v) is 7.49. The Kier molecular flexibility index (Phi) is 5.86. The van der Waals surface area contributed by atoms with Gasteiger partial charge in [-0.25, -0.2) is 0 Å². The molecule has 2 aromatic carbocycles. The highest BCUT2D eigenvalue weighted by atomic mass is 16.5. The minimum absolute atomic E-state index is 0.0646. The summed E-state index contributed by atoms with van der Waals surface area (Å²) in [7, 11) is 1.51. The summed E-state index contributed by atoms with van der Waals surface area (Å²) >= 11 is 0. The highest BCUT2D eigenvalue weighted by molar-refractivity contribution is 5.86. The van der Waals surface area contributed by atoms with Gasteiger partial charge in [0.1, 0.15) is 0 Å². The predicted molar refractivity (Wildman–Crippen MR) is 90.7 cm³/mol. The zero-order chi connectivity index (χ0) is 16.7. The molecule has 5 heteroatoms. The Hall–Kier alpha value is -2.69. The van der Waals surface area contributed by atoms with E-state index in [9.17, 15) is 5.11 Å². The molecule has 0 aromatic heterocycles. The van der Waals surface area contributed by atoms with Gasteiger partial charge in [-0.3, -0.25) is 4.99 Å². The fraction of sp³-hybridized carbons (Fsp3) is 0.278. The number of rotatable bonds is 7. The fourth-order valence-corrected chi connectivity index (χ4v) is 2.07. The molecule has 0 radical (unpaired) electrons. The number of hydrogen-bond acceptors (Lipinski definition) is 5. The zero-order valence-electron chi connectivity index (χ0n) is 13.6. The number of methoxy groups -OCH3 is 1. The van der Waals surface area contributed by atoms with E-state index in [2.05, 4.69) is 4.99 Å². The van der Waals surface area contributed by atoms with Crippen molar-refractivity contribution in [2.75, 3.05) is 20.3 Å². The molecule has 0 saturated carbocycles. The van der Waals surface area contributed by atoms with Crippen molar-refractivity contribution in [3.8, 4) is 23.0 Å². The van der Waals surface area contributed by atoms with Crippen LogP contribution in [0.25, 0.3) is 0 Å². The van der Waals surface area contributed by atoms with E-state index in [1.54, 1.807) is 24.4 Å². The minimum Gasteiger partial charge on any atom is -0.504 e. The lowest BCUT2D eigenvalue weighted by molar-refractivity contribution is 0.288. The van der Waals surface area contributed by atoms with Gasteiger partial charge in [0.15, 0.2) is 23.0 Å². The molecule has 1 N–H and O–H groups in total. The van der Waals surface area contributed by atoms with Crippen LogP contribution in [0.3, 0.4) is 0 Å². The highest BCUT2D eigenvalue weighted by Crippen LogP contribution is 2.32. The van der Waals surface area contributed by atoms with Crippen LogP contribution in [0.2, 0.25) is 0 Å². The lowest BCUT2D eigenvalue weighted by Crippen LogP contribution is -1.97. The number of aliphatic imine (C=N–C) groups is 1. The first-order valence-electron chi connectivity index (χ1n) is 7.49. The Labute approximate surface area is 136 Å². The predicted octanol–water partition coefficient (Wildman–Crippen LogP) is 3.95. The molecule has 122 valence electrons. The van der Waals surface area contributed by atoms with E-state index in [1.165, 1.54) is 7.11 Å². The van der Waals surface area contributed by atoms with Gasteiger partial charge in [0.05, 0.1) is 26.0 Å². The SMILES string of the molecule is CCOc1ccc(N=Cc2cccc(OC)c2O)cc1OCC. The highest BCUT2D eigenvalue weighted by Gasteiger charge is 2.07. The van der Waals surface area contributed by atoms with Crippen molar-refractivity contribution in [2.24, 2.45) is 4.99 Å². The Bertz CT molecular complexity index is 683. The number of benzene rings is 2. The van der Waals surface area contributed by atoms with Crippen molar-refractivity contribution in [1.82, 2.24) is 0 Å². The second-order valence-electron chi connectivity index (χ2n) is 4.65. The van der Waals surface area contributed by atoms with E-state index in [-0.39, 0.29) is 5.75 Å². The summed E-state index contributed by atoms with van der Waals surface area (Å²) in [5.41, 5.74) is 1.29. The number of ether oxygens (including phenoxy) is 3. The van der Waals surface area contributed by atoms with Gasteiger partial charge in [0.25, 0.3) is 0 Å². The summed E-state index contributed by atoms with van der Waals surface area (Å²) in [4.78, 5) is 4.38. The number of phenolic OH excluding ortho intramolecular Hbond substituents is 1. The molecule has 0 amide bonds. The third-order valence-corrected chi connectivity index (χ3v) is 3.13. The van der Waals surface area contributed by atoms with E-state index in [4.69, 9.17) is 14.2 Å². The average Bonchev–Trinajstić information content (AvgIpc) is 2.56. The lowest BCUT2D eigenvalue weighted by Gasteiger charge is -2.11. The van der Waals surface area contributed by atoms with Crippen molar-refractivity contribution >= 4 is 11.9 Å². The Morgan fingerprint density at radius 1 is 1.00 bits per heavy atom. The van der Waals surface area contributed by atoms with Crippen molar-refractivity contribution in [3.05, 3.63) is 42.0 Å². The van der Waals surface area contributed by atoms with E-state index in [0.29, 0.717) is 41.7 Å². The van der Waals surface area contributed by atoms with Gasteiger partial charge in [-0.15, -0.1) is 0 Å². The fourth-order valence-electron chi connectivity index (χ4n) is 2.07. The molecule has 0 aliphatic rings. The molecule has 2 rings (SSSR count). The monoisotopic (exact) mass is 315 g/mol. The van der Waals surface area contributed by atoms with E-state index in [1.807, 2.05) is 32.0 Å². The van der Waals surface area contributed by atoms with Crippen LogP contribution in [0, 0.1) is 0 Å². The molecule has 0 spiro atoms. The van der Waals surface area contributed by atoms with E-state index in [0.717, 1.165) is 0 Å². The standard InChI is InChI=1S/C18H21NO4/c1-4-22-15-10-9-14(11-17(15)23-5-2)19-12-13-7-6-8-16(21-3)18(13)20/h6-12,20H,4-5H2,1-3H3. The quantitative estimate of drug-likeness (QED) is 0.786. The first-order chi connectivity index (χ1) is 11.2. The first kappa shape index (κ1) is 16.7. The molecule has 2 aromatic rings. The maximum Gasteiger partial charge on any atom is 0.166 e. The molecule has 0 atom stereocenters. The summed E-state index contributed by atoms with van der Waals surface area (Å²) in [5, 5.41) is 10.1. The summed E-state index contributed by atoms with van der Waals surface area (Å²) in [6.07, 6.45) is 1.59. The molecule has 5 nitrogen and oxygen atoms in total. The molecule has 0 aliphatic carbocycles. The molecular formula is C18H21NO4. The second kappa shape index (κ2) is 8.08. The van der Waals surface area contributed by atoms with Crippen LogP contribution in [-0.4, -0.2) is 31.6 Å². The topological polar surface area (TPSA) is 60.3 Å². The molecule has 0 saturated heterocycles. The third kappa shape index (κ3) is 4.16. The molecule has 0 bridgehead atoms. The summed E-state index contributed by atoms with van der Waals surface area (Å²) in [6.45, 7) is 4.96. The van der Waals surface area contributed by atoms with Gasteiger partial charge in [0.2, 0.25) is 0 Å². The van der Waals surface area contributed by atoms with Crippen molar-refractivity contribution in [2.45, 2.75) is 13.8 Å². The number of hydrogen-bond donors (Lipinski definition) is 1. The molecule has 0 aliphatic heterocycles. The Balaban J connectivity index is 2.27. The normalized spacial score (nSPS) is 10.7. The van der Waals surface area contributed by atoms with Gasteiger partial charge in [0, 0.05) is 17.8 Å². The molecule has 0 heterocycles. The summed E-state index contributed by atoms with van der Waals surface area (Å²) in [5.74, 6) is 1.82. The van der Waals surface area contributed by atoms with Crippen LogP contribution in [0.4, 0.5) is 5.69 Å². The van der Waals surface area contributed by atoms with Gasteiger partial charge in [-0.2, -0.15) is 0 Å². The Morgan fingerprint density at radius 3 is 2.43 bits per heavy atom. The maximum absolute atomic E-state index is 10.1. The minimum atomic E-state index is 0.0646. The molecular weight excluding hydrogens is 294 g/mol. The molecule has 0 unspecified atom stereocenters. The van der Waals surface area contributed by atoms with Gasteiger partial charge >= 0.3 is 0 Å². The maximum atomic E-state index is 10.1. The average molecular weight is 315 g/mol. The number of nitrogens with zero attached hydrogens (tertiary/aromatic N) is 1. The second-order valence-corrected chi connectivity index (χ2v) is 4.65. The van der Waals surface area contributed by atoms with Crippen molar-refractivity contribution in [1.29, 1.82) is 0 Å². The summed E-state index contributed by atoms with van der Waals surface area (Å²) < 4.78 is 16.2. The number of aromatic hydroxyl groups is 1. The van der Waals surface area contributed by atoms with Gasteiger partial charge < -0.3 is 19.3 Å². The summed E-state index contributed by atoms with van der Waals surface area (Å²) in [6, 6.07) is 10.7. The smallest absolute Gasteiger partial charge is 0.166 e. The van der Waals surface area contributed by atoms with Crippen LogP contribution in [0.5, 0.6) is 23.0 Å². The van der Waals surface area contributed by atoms with Gasteiger partial charge in [-0.05, 0) is 38.1 Å². The van der Waals surface area contributed by atoms with E-state index < -0.39 is 0 Å². The van der Waals surface area contributed by atoms with Crippen molar-refractivity contribution < 1.29 is 19.3 Å². The van der Waals surface area contributed by atoms with Crippen LogP contribution in [0.1, 0.15) is 19.4 Å². The van der Waals surface area contributed by atoms with E-state index >= 15 is 0 Å². The largest absolute Gasteiger partial charge is 0.504 e. The lowest BCUT2D eigenvalue weighted by atomic mass is 10.2.